The molecule has 0 atom stereocenters. The van der Waals surface area contributed by atoms with Gasteiger partial charge in [0.15, 0.2) is 0 Å². The van der Waals surface area contributed by atoms with Gasteiger partial charge in [-0.05, 0) is 44.5 Å². The normalized spacial score (nSPS) is 11.6. The second kappa shape index (κ2) is 9.99. The van der Waals surface area contributed by atoms with Crippen LogP contribution in [0.5, 0.6) is 0 Å². The summed E-state index contributed by atoms with van der Waals surface area (Å²) in [7, 11) is 0. The molecule has 9 heteroatoms. The number of benzene rings is 1. The van der Waals surface area contributed by atoms with Crippen molar-refractivity contribution in [3.8, 4) is 21.1 Å². The molecule has 3 aromatic rings. The zero-order chi connectivity index (χ0) is 21.6. The highest BCUT2D eigenvalue weighted by Crippen LogP contribution is 2.36. The van der Waals surface area contributed by atoms with E-state index < -0.39 is 11.7 Å². The minimum absolute atomic E-state index is 0.551. The van der Waals surface area contributed by atoms with E-state index >= 15 is 0 Å². The molecule has 0 bridgehead atoms. The fourth-order valence-electron chi connectivity index (χ4n) is 2.95. The van der Waals surface area contributed by atoms with Crippen LogP contribution in [0, 0.1) is 6.92 Å². The third-order valence-electron chi connectivity index (χ3n) is 4.56. The first-order chi connectivity index (χ1) is 14.4. The Kier molecular flexibility index (Phi) is 7.38. The lowest BCUT2D eigenvalue weighted by molar-refractivity contribution is -0.137. The molecule has 0 unspecified atom stereocenters. The van der Waals surface area contributed by atoms with Crippen LogP contribution >= 0.6 is 11.3 Å². The van der Waals surface area contributed by atoms with Gasteiger partial charge in [-0.1, -0.05) is 25.0 Å². The van der Waals surface area contributed by atoms with Crippen molar-refractivity contribution in [1.82, 2.24) is 15.0 Å². The zero-order valence-electron chi connectivity index (χ0n) is 16.7. The van der Waals surface area contributed by atoms with Crippen LogP contribution in [-0.2, 0) is 6.18 Å². The Morgan fingerprint density at radius 1 is 1.00 bits per heavy atom. The highest BCUT2D eigenvalue weighted by molar-refractivity contribution is 7.18. The number of nitrogens with one attached hydrogen (secondary N) is 1. The first kappa shape index (κ1) is 22.2. The van der Waals surface area contributed by atoms with Gasteiger partial charge in [-0.15, -0.1) is 11.3 Å². The van der Waals surface area contributed by atoms with Gasteiger partial charge >= 0.3 is 6.18 Å². The number of nitrogens with zero attached hydrogens (tertiary/aromatic N) is 3. The van der Waals surface area contributed by atoms with E-state index in [1.807, 2.05) is 13.0 Å². The monoisotopic (exact) mass is 435 g/mol. The molecule has 2 heterocycles. The summed E-state index contributed by atoms with van der Waals surface area (Å²) in [6.45, 7) is 3.37. The number of aryl methyl sites for hydroxylation is 1. The average Bonchev–Trinajstić information content (AvgIpc) is 3.12. The van der Waals surface area contributed by atoms with Crippen LogP contribution in [0.4, 0.5) is 19.1 Å². The number of anilines is 1. The third-order valence-corrected chi connectivity index (χ3v) is 5.79. The predicted molar refractivity (Wildman–Crippen MR) is 114 cm³/mol. The summed E-state index contributed by atoms with van der Waals surface area (Å²) in [6.07, 6.45) is 1.62. The molecule has 2 aromatic heterocycles. The van der Waals surface area contributed by atoms with Crippen molar-refractivity contribution in [3.05, 3.63) is 47.8 Å². The lowest BCUT2D eigenvalue weighted by Gasteiger charge is -2.06. The molecule has 3 rings (SSSR count). The fraction of sp³-hybridized carbons (Fsp3) is 0.381. The Morgan fingerprint density at radius 2 is 1.73 bits per heavy atom. The third kappa shape index (κ3) is 5.76. The first-order valence-corrected chi connectivity index (χ1v) is 10.6. The minimum atomic E-state index is -4.35. The summed E-state index contributed by atoms with van der Waals surface area (Å²) < 4.78 is 38.3. The van der Waals surface area contributed by atoms with Crippen LogP contribution in [0.3, 0.4) is 0 Å². The lowest BCUT2D eigenvalue weighted by atomic mass is 10.1. The van der Waals surface area contributed by atoms with E-state index in [-0.39, 0.29) is 0 Å². The van der Waals surface area contributed by atoms with Crippen LogP contribution in [-0.4, -0.2) is 28.0 Å². The minimum Gasteiger partial charge on any atom is -0.354 e. The van der Waals surface area contributed by atoms with Gasteiger partial charge in [-0.25, -0.2) is 15.0 Å². The molecular weight excluding hydrogens is 411 g/mol. The topological polar surface area (TPSA) is 76.7 Å². The molecule has 5 nitrogen and oxygen atoms in total. The van der Waals surface area contributed by atoms with Gasteiger partial charge in [-0.2, -0.15) is 13.2 Å². The van der Waals surface area contributed by atoms with E-state index in [1.54, 1.807) is 6.20 Å². The summed E-state index contributed by atoms with van der Waals surface area (Å²) in [5.41, 5.74) is 6.99. The number of hydrogen-bond donors (Lipinski definition) is 2. The molecule has 0 fully saturated rings. The quantitative estimate of drug-likeness (QED) is 0.433. The van der Waals surface area contributed by atoms with Gasteiger partial charge in [0, 0.05) is 18.3 Å². The van der Waals surface area contributed by atoms with Crippen molar-refractivity contribution in [2.24, 2.45) is 5.73 Å². The van der Waals surface area contributed by atoms with Crippen molar-refractivity contribution in [1.29, 1.82) is 0 Å². The molecule has 0 saturated carbocycles. The molecule has 0 saturated heterocycles. The molecule has 160 valence electrons. The van der Waals surface area contributed by atoms with E-state index in [0.717, 1.165) is 67.2 Å². The molecule has 0 aliphatic heterocycles. The van der Waals surface area contributed by atoms with Crippen molar-refractivity contribution in [2.75, 3.05) is 18.4 Å². The van der Waals surface area contributed by atoms with Crippen molar-refractivity contribution in [2.45, 2.75) is 38.8 Å². The summed E-state index contributed by atoms with van der Waals surface area (Å²) in [5.74, 6) is 0.551. The Morgan fingerprint density at radius 3 is 2.43 bits per heavy atom. The fourth-order valence-corrected chi connectivity index (χ4v) is 3.99. The summed E-state index contributed by atoms with van der Waals surface area (Å²) >= 11 is 1.40. The van der Waals surface area contributed by atoms with Gasteiger partial charge in [0.2, 0.25) is 5.95 Å². The maximum atomic E-state index is 12.8. The van der Waals surface area contributed by atoms with Crippen LogP contribution in [0.1, 0.15) is 36.9 Å². The standard InChI is InChI=1S/C21H24F3N5S/c1-14-18(17-10-13-27-20(29-17)26-12-5-3-2-4-11-25)30-19(28-14)15-6-8-16(9-7-15)21(22,23)24/h6-10,13H,2-5,11-12,25H2,1H3,(H,26,27,29). The average molecular weight is 436 g/mol. The SMILES string of the molecule is Cc1nc(-c2ccc(C(F)(F)F)cc2)sc1-c1ccnc(NCCCCCCN)n1. The Hall–Kier alpha value is -2.52. The van der Waals surface area contributed by atoms with Crippen molar-refractivity contribution in [3.63, 3.8) is 0 Å². The van der Waals surface area contributed by atoms with E-state index in [9.17, 15) is 13.2 Å². The number of nitrogens with two attached hydrogens (primary N) is 1. The number of hydrogen-bond acceptors (Lipinski definition) is 6. The smallest absolute Gasteiger partial charge is 0.354 e. The van der Waals surface area contributed by atoms with Crippen molar-refractivity contribution >= 4 is 17.3 Å². The van der Waals surface area contributed by atoms with E-state index in [4.69, 9.17) is 5.73 Å². The number of alkyl halides is 3. The molecule has 1 aromatic carbocycles. The maximum absolute atomic E-state index is 12.8. The summed E-state index contributed by atoms with van der Waals surface area (Å²) in [6, 6.07) is 6.85. The number of halogens is 3. The molecule has 0 aliphatic rings. The maximum Gasteiger partial charge on any atom is 0.416 e. The van der Waals surface area contributed by atoms with Gasteiger partial charge in [0.05, 0.1) is 21.8 Å². The molecule has 3 N–H and O–H groups in total. The molecule has 0 spiro atoms. The van der Waals surface area contributed by atoms with Gasteiger partial charge in [-0.3, -0.25) is 0 Å². The van der Waals surface area contributed by atoms with Gasteiger partial charge in [0.25, 0.3) is 0 Å². The Balaban J connectivity index is 1.70. The molecule has 0 aliphatic carbocycles. The van der Waals surface area contributed by atoms with E-state index in [0.29, 0.717) is 16.5 Å². The molecular formula is C21H24F3N5S. The zero-order valence-corrected chi connectivity index (χ0v) is 17.5. The van der Waals surface area contributed by atoms with Crippen LogP contribution in [0.2, 0.25) is 0 Å². The lowest BCUT2D eigenvalue weighted by Crippen LogP contribution is -2.06. The Labute approximate surface area is 177 Å². The van der Waals surface area contributed by atoms with E-state index in [1.165, 1.54) is 23.5 Å². The molecule has 30 heavy (non-hydrogen) atoms. The van der Waals surface area contributed by atoms with Gasteiger partial charge in [0.1, 0.15) is 5.01 Å². The van der Waals surface area contributed by atoms with Crippen LogP contribution in [0.25, 0.3) is 21.1 Å². The second-order valence-corrected chi connectivity index (χ2v) is 7.90. The number of aromatic nitrogens is 3. The van der Waals surface area contributed by atoms with Gasteiger partial charge < -0.3 is 11.1 Å². The number of unbranched alkanes of at least 4 members (excludes halogenated alkanes) is 3. The number of rotatable bonds is 9. The Bertz CT molecular complexity index is 954. The van der Waals surface area contributed by atoms with Crippen molar-refractivity contribution < 1.29 is 13.2 Å². The van der Waals surface area contributed by atoms with Crippen LogP contribution < -0.4 is 11.1 Å². The first-order valence-electron chi connectivity index (χ1n) is 9.81. The van der Waals surface area contributed by atoms with Crippen LogP contribution in [0.15, 0.2) is 36.5 Å². The number of thiazole rings is 1. The predicted octanol–water partition coefficient (Wildman–Crippen LogP) is 5.53. The van der Waals surface area contributed by atoms with E-state index in [2.05, 4.69) is 20.3 Å². The second-order valence-electron chi connectivity index (χ2n) is 6.90. The molecule has 0 radical (unpaired) electrons. The summed E-state index contributed by atoms with van der Waals surface area (Å²) in [4.78, 5) is 14.2. The highest BCUT2D eigenvalue weighted by Gasteiger charge is 2.30. The molecule has 0 amide bonds. The summed E-state index contributed by atoms with van der Waals surface area (Å²) in [5, 5.41) is 3.89. The highest BCUT2D eigenvalue weighted by atomic mass is 32.1. The largest absolute Gasteiger partial charge is 0.416 e.